The van der Waals surface area contributed by atoms with Crippen LogP contribution in [0.1, 0.15) is 35.2 Å². The predicted molar refractivity (Wildman–Crippen MR) is 74.0 cm³/mol. The highest BCUT2D eigenvalue weighted by Gasteiger charge is 2.34. The molecule has 1 N–H and O–H groups in total. The summed E-state index contributed by atoms with van der Waals surface area (Å²) < 4.78 is 43.2. The summed E-state index contributed by atoms with van der Waals surface area (Å²) in [5.41, 5.74) is -2.43. The lowest BCUT2D eigenvalue weighted by molar-refractivity contribution is -0.385. The van der Waals surface area contributed by atoms with E-state index in [0.29, 0.717) is 25.2 Å². The average Bonchev–Trinajstić information content (AvgIpc) is 2.98. The van der Waals surface area contributed by atoms with Gasteiger partial charge in [0.05, 0.1) is 16.6 Å². The average molecular weight is 332 g/mol. The summed E-state index contributed by atoms with van der Waals surface area (Å²) in [5.74, 6) is -0.775. The largest absolute Gasteiger partial charge is 0.416 e. The van der Waals surface area contributed by atoms with Crippen molar-refractivity contribution >= 4 is 11.6 Å². The molecule has 1 aromatic rings. The van der Waals surface area contributed by atoms with Gasteiger partial charge >= 0.3 is 6.18 Å². The van der Waals surface area contributed by atoms with Crippen LogP contribution in [0.5, 0.6) is 0 Å². The van der Waals surface area contributed by atoms with E-state index in [-0.39, 0.29) is 12.6 Å². The Morgan fingerprint density at radius 1 is 1.43 bits per heavy atom. The minimum Gasteiger partial charge on any atom is -0.378 e. The number of hydrogen-bond acceptors (Lipinski definition) is 4. The molecule has 23 heavy (non-hydrogen) atoms. The minimum absolute atomic E-state index is 0.0397. The van der Waals surface area contributed by atoms with Crippen LogP contribution in [0.3, 0.4) is 0 Å². The second kappa shape index (κ2) is 6.95. The number of halogens is 3. The number of ether oxygens (including phenoxy) is 1. The van der Waals surface area contributed by atoms with Gasteiger partial charge in [-0.15, -0.1) is 0 Å². The van der Waals surface area contributed by atoms with Crippen LogP contribution in [0.15, 0.2) is 18.2 Å². The van der Waals surface area contributed by atoms with Crippen molar-refractivity contribution in [1.82, 2.24) is 5.32 Å². The number of nitro benzene ring substituents is 1. The minimum atomic E-state index is -4.71. The third kappa shape index (κ3) is 4.41. The first-order valence-corrected chi connectivity index (χ1v) is 7.04. The Morgan fingerprint density at radius 3 is 2.74 bits per heavy atom. The fourth-order valence-electron chi connectivity index (χ4n) is 2.36. The Balaban J connectivity index is 2.07. The normalized spacial score (nSPS) is 18.0. The number of nitrogens with one attached hydrogen (secondary N) is 1. The van der Waals surface area contributed by atoms with Crippen LogP contribution in [0.2, 0.25) is 0 Å². The predicted octanol–water partition coefficient (Wildman–Crippen LogP) is 2.91. The number of carbonyl (C=O) groups is 1. The molecule has 0 aromatic heterocycles. The van der Waals surface area contributed by atoms with Gasteiger partial charge in [0.15, 0.2) is 0 Å². The van der Waals surface area contributed by atoms with Gasteiger partial charge in [-0.05, 0) is 31.4 Å². The Labute approximate surface area is 129 Å². The van der Waals surface area contributed by atoms with Crippen molar-refractivity contribution in [2.75, 3.05) is 13.2 Å². The molecule has 126 valence electrons. The van der Waals surface area contributed by atoms with Crippen LogP contribution in [0.25, 0.3) is 0 Å². The molecule has 1 aliphatic heterocycles. The first kappa shape index (κ1) is 17.2. The van der Waals surface area contributed by atoms with E-state index >= 15 is 0 Å². The second-order valence-electron chi connectivity index (χ2n) is 5.17. The third-order valence-corrected chi connectivity index (χ3v) is 3.54. The van der Waals surface area contributed by atoms with Gasteiger partial charge in [-0.1, -0.05) is 0 Å². The van der Waals surface area contributed by atoms with Gasteiger partial charge in [0.1, 0.15) is 5.56 Å². The number of nitro groups is 1. The highest BCUT2D eigenvalue weighted by Crippen LogP contribution is 2.33. The SMILES string of the molecule is O=C(NCC[C@@H]1CCCO1)c1ccc(C(F)(F)F)cc1[N+](=O)[O-]. The van der Waals surface area contributed by atoms with E-state index in [1.54, 1.807) is 0 Å². The van der Waals surface area contributed by atoms with Crippen LogP contribution in [-0.4, -0.2) is 30.1 Å². The maximum absolute atomic E-state index is 12.6. The van der Waals surface area contributed by atoms with Crippen LogP contribution in [-0.2, 0) is 10.9 Å². The third-order valence-electron chi connectivity index (χ3n) is 3.54. The first-order valence-electron chi connectivity index (χ1n) is 7.04. The Bertz CT molecular complexity index is 598. The molecule has 0 spiro atoms. The van der Waals surface area contributed by atoms with Crippen LogP contribution >= 0.6 is 0 Å². The second-order valence-corrected chi connectivity index (χ2v) is 5.17. The van der Waals surface area contributed by atoms with E-state index in [1.807, 2.05) is 0 Å². The topological polar surface area (TPSA) is 81.5 Å². The lowest BCUT2D eigenvalue weighted by Crippen LogP contribution is -2.27. The van der Waals surface area contributed by atoms with Gasteiger partial charge in [0.25, 0.3) is 11.6 Å². The molecule has 0 unspecified atom stereocenters. The van der Waals surface area contributed by atoms with E-state index in [4.69, 9.17) is 4.74 Å². The van der Waals surface area contributed by atoms with Crippen molar-refractivity contribution in [3.63, 3.8) is 0 Å². The Morgan fingerprint density at radius 2 is 2.17 bits per heavy atom. The molecule has 9 heteroatoms. The van der Waals surface area contributed by atoms with Gasteiger partial charge in [0.2, 0.25) is 0 Å². The molecule has 0 radical (unpaired) electrons. The molecule has 1 amide bonds. The molecular weight excluding hydrogens is 317 g/mol. The number of benzene rings is 1. The quantitative estimate of drug-likeness (QED) is 0.664. The van der Waals surface area contributed by atoms with Gasteiger partial charge in [-0.2, -0.15) is 13.2 Å². The van der Waals surface area contributed by atoms with E-state index in [2.05, 4.69) is 5.32 Å². The van der Waals surface area contributed by atoms with Crippen molar-refractivity contribution in [2.24, 2.45) is 0 Å². The summed E-state index contributed by atoms with van der Waals surface area (Å²) in [7, 11) is 0. The molecular formula is C14H15F3N2O4. The number of rotatable bonds is 5. The van der Waals surface area contributed by atoms with Gasteiger partial charge < -0.3 is 10.1 Å². The lowest BCUT2D eigenvalue weighted by atomic mass is 10.1. The van der Waals surface area contributed by atoms with Crippen molar-refractivity contribution in [2.45, 2.75) is 31.5 Å². The van der Waals surface area contributed by atoms with Crippen molar-refractivity contribution in [1.29, 1.82) is 0 Å². The Hall–Kier alpha value is -2.16. The molecule has 0 aliphatic carbocycles. The number of hydrogen-bond donors (Lipinski definition) is 1. The fourth-order valence-corrected chi connectivity index (χ4v) is 2.36. The molecule has 1 aliphatic rings. The summed E-state index contributed by atoms with van der Waals surface area (Å²) >= 11 is 0. The zero-order chi connectivity index (χ0) is 17.0. The number of alkyl halides is 3. The molecule has 2 rings (SSSR count). The number of amides is 1. The molecule has 1 aromatic carbocycles. The van der Waals surface area contributed by atoms with Crippen molar-refractivity contribution in [3.8, 4) is 0 Å². The maximum atomic E-state index is 12.6. The smallest absolute Gasteiger partial charge is 0.378 e. The molecule has 6 nitrogen and oxygen atoms in total. The van der Waals surface area contributed by atoms with E-state index in [9.17, 15) is 28.1 Å². The van der Waals surface area contributed by atoms with Crippen molar-refractivity contribution < 1.29 is 27.6 Å². The summed E-state index contributed by atoms with van der Waals surface area (Å²) in [6.07, 6.45) is -2.28. The molecule has 0 bridgehead atoms. The fraction of sp³-hybridized carbons (Fsp3) is 0.500. The standard InChI is InChI=1S/C14H15F3N2O4/c15-14(16,17)9-3-4-11(12(8-9)19(21)22)13(20)18-6-5-10-2-1-7-23-10/h3-4,8,10H,1-2,5-7H2,(H,18,20)/t10-/m0/s1. The van der Waals surface area contributed by atoms with Gasteiger partial charge in [-0.25, -0.2) is 0 Å². The molecule has 1 fully saturated rings. The number of nitrogens with zero attached hydrogens (tertiary/aromatic N) is 1. The molecule has 1 saturated heterocycles. The Kier molecular flexibility index (Phi) is 5.19. The van der Waals surface area contributed by atoms with Crippen LogP contribution in [0, 0.1) is 10.1 Å². The summed E-state index contributed by atoms with van der Waals surface area (Å²) in [6.45, 7) is 0.907. The summed E-state index contributed by atoms with van der Waals surface area (Å²) in [4.78, 5) is 21.9. The lowest BCUT2D eigenvalue weighted by Gasteiger charge is -2.11. The van der Waals surface area contributed by atoms with Crippen LogP contribution in [0.4, 0.5) is 18.9 Å². The van der Waals surface area contributed by atoms with Crippen LogP contribution < -0.4 is 5.32 Å². The zero-order valence-corrected chi connectivity index (χ0v) is 12.1. The van der Waals surface area contributed by atoms with E-state index in [1.165, 1.54) is 0 Å². The van der Waals surface area contributed by atoms with Gasteiger partial charge in [-0.3, -0.25) is 14.9 Å². The zero-order valence-electron chi connectivity index (χ0n) is 12.1. The molecule has 1 atom stereocenters. The van der Waals surface area contributed by atoms with Crippen molar-refractivity contribution in [3.05, 3.63) is 39.4 Å². The molecule has 1 heterocycles. The summed E-state index contributed by atoms with van der Waals surface area (Å²) in [6, 6.07) is 1.85. The van der Waals surface area contributed by atoms with E-state index < -0.39 is 33.8 Å². The maximum Gasteiger partial charge on any atom is 0.416 e. The summed E-state index contributed by atoms with van der Waals surface area (Å²) in [5, 5.41) is 13.4. The monoisotopic (exact) mass is 332 g/mol. The number of carbonyl (C=O) groups excluding carboxylic acids is 1. The first-order chi connectivity index (χ1) is 10.8. The highest BCUT2D eigenvalue weighted by atomic mass is 19.4. The van der Waals surface area contributed by atoms with E-state index in [0.717, 1.165) is 18.9 Å². The molecule has 0 saturated carbocycles. The van der Waals surface area contributed by atoms with Gasteiger partial charge in [0, 0.05) is 19.2 Å². The highest BCUT2D eigenvalue weighted by molar-refractivity contribution is 5.98.